The molecule has 0 atom stereocenters. The number of alkyl halides is 3. The minimum Gasteiger partial charge on any atom is -0.507 e. The number of carbonyl (C=O) groups excluding carboxylic acids is 1. The van der Waals surface area contributed by atoms with E-state index in [1.54, 1.807) is 0 Å². The molecule has 1 fully saturated rings. The molecule has 1 aliphatic heterocycles. The summed E-state index contributed by atoms with van der Waals surface area (Å²) in [6.07, 6.45) is -1.61. The Balaban J connectivity index is 1.82. The summed E-state index contributed by atoms with van der Waals surface area (Å²) >= 11 is 6.25. The molecule has 0 aliphatic carbocycles. The normalized spacial score (nSPS) is 15.4. The van der Waals surface area contributed by atoms with Crippen molar-refractivity contribution in [2.24, 2.45) is 0 Å². The molecule has 11 heteroatoms. The molecular weight excluding hydrogens is 494 g/mol. The van der Waals surface area contributed by atoms with Gasteiger partial charge in [-0.25, -0.2) is 4.39 Å². The lowest BCUT2D eigenvalue weighted by molar-refractivity contribution is -0.138. The largest absolute Gasteiger partial charge is 0.507 e. The van der Waals surface area contributed by atoms with Crippen LogP contribution in [-0.2, 0) is 15.8 Å². The Labute approximate surface area is 202 Å². The maximum atomic E-state index is 14.3. The second-order valence-electron chi connectivity index (χ2n) is 7.50. The van der Waals surface area contributed by atoms with Crippen molar-refractivity contribution in [1.29, 1.82) is 0 Å². The smallest absolute Gasteiger partial charge is 0.416 e. The van der Waals surface area contributed by atoms with E-state index in [2.05, 4.69) is 0 Å². The Kier molecular flexibility index (Phi) is 7.98. The van der Waals surface area contributed by atoms with E-state index in [1.165, 1.54) is 29.2 Å². The van der Waals surface area contributed by atoms with Gasteiger partial charge in [0.25, 0.3) is 5.91 Å². The van der Waals surface area contributed by atoms with Gasteiger partial charge in [-0.1, -0.05) is 36.5 Å². The van der Waals surface area contributed by atoms with Crippen LogP contribution in [0.2, 0.25) is 0 Å². The number of thiocarbonyl (C=S) groups is 1. The van der Waals surface area contributed by atoms with Crippen LogP contribution in [0, 0.1) is 5.82 Å². The number of aromatic hydroxyl groups is 1. The minimum atomic E-state index is -4.65. The van der Waals surface area contributed by atoms with Crippen molar-refractivity contribution in [3.63, 3.8) is 0 Å². The Morgan fingerprint density at radius 1 is 1.12 bits per heavy atom. The number of amides is 1. The number of unbranched alkanes of at least 4 members (excludes halogenated alkanes) is 2. The zero-order chi connectivity index (χ0) is 25.0. The van der Waals surface area contributed by atoms with Crippen LogP contribution >= 0.6 is 24.0 Å². The quantitative estimate of drug-likeness (QED) is 0.193. The average molecular weight is 514 g/mol. The average Bonchev–Trinajstić information content (AvgIpc) is 3.01. The minimum absolute atomic E-state index is 0.0420. The topological polar surface area (TPSA) is 77.8 Å². The summed E-state index contributed by atoms with van der Waals surface area (Å²) in [5.41, 5.74) is -1.08. The van der Waals surface area contributed by atoms with E-state index in [0.717, 1.165) is 17.8 Å². The molecule has 2 aromatic carbocycles. The Morgan fingerprint density at radius 2 is 1.85 bits per heavy atom. The number of carboxylic acids is 1. The predicted molar refractivity (Wildman–Crippen MR) is 124 cm³/mol. The van der Waals surface area contributed by atoms with E-state index in [4.69, 9.17) is 17.3 Å². The Hall–Kier alpha value is -2.92. The molecule has 5 nitrogen and oxygen atoms in total. The lowest BCUT2D eigenvalue weighted by Gasteiger charge is -2.13. The van der Waals surface area contributed by atoms with Crippen LogP contribution in [0.15, 0.2) is 41.3 Å². The lowest BCUT2D eigenvalue weighted by Crippen LogP contribution is -2.29. The second-order valence-corrected chi connectivity index (χ2v) is 9.18. The summed E-state index contributed by atoms with van der Waals surface area (Å²) in [7, 11) is 0. The van der Waals surface area contributed by atoms with Crippen molar-refractivity contribution in [3.05, 3.63) is 58.2 Å². The molecule has 1 heterocycles. The number of nitrogens with zero attached hydrogens (tertiary/aromatic N) is 1. The molecule has 0 radical (unpaired) electrons. The second kappa shape index (κ2) is 10.6. The van der Waals surface area contributed by atoms with Gasteiger partial charge in [0.15, 0.2) is 0 Å². The zero-order valence-corrected chi connectivity index (χ0v) is 19.2. The zero-order valence-electron chi connectivity index (χ0n) is 17.6. The molecule has 1 amide bonds. The van der Waals surface area contributed by atoms with Crippen molar-refractivity contribution in [2.75, 3.05) is 6.54 Å². The van der Waals surface area contributed by atoms with Gasteiger partial charge in [0.1, 0.15) is 15.9 Å². The number of aliphatic carboxylic acids is 1. The SMILES string of the molecule is O=C(O)CCCCCN1C(=O)/C(=C/c2cc(-c3cc(C(F)(F)F)ccc3F)ccc2O)SC1=S. The number of benzene rings is 2. The Bertz CT molecular complexity index is 1160. The fraction of sp³-hybridized carbons (Fsp3) is 0.261. The van der Waals surface area contributed by atoms with Crippen LogP contribution < -0.4 is 0 Å². The summed E-state index contributed by atoms with van der Waals surface area (Å²) in [5, 5.41) is 18.9. The summed E-state index contributed by atoms with van der Waals surface area (Å²) in [6.45, 7) is 0.309. The van der Waals surface area contributed by atoms with E-state index < -0.39 is 29.4 Å². The third kappa shape index (κ3) is 6.15. The first-order valence-electron chi connectivity index (χ1n) is 10.1. The summed E-state index contributed by atoms with van der Waals surface area (Å²) in [4.78, 5) is 24.9. The van der Waals surface area contributed by atoms with Crippen LogP contribution in [-0.4, -0.2) is 37.9 Å². The van der Waals surface area contributed by atoms with Crippen molar-refractivity contribution < 1.29 is 37.4 Å². The van der Waals surface area contributed by atoms with E-state index in [0.29, 0.717) is 42.3 Å². The number of carboxylic acid groups (broad SMARTS) is 1. The van der Waals surface area contributed by atoms with Gasteiger partial charge >= 0.3 is 12.1 Å². The molecule has 0 aromatic heterocycles. The lowest BCUT2D eigenvalue weighted by atomic mass is 9.99. The number of hydrogen-bond acceptors (Lipinski definition) is 5. The van der Waals surface area contributed by atoms with Crippen LogP contribution in [0.3, 0.4) is 0 Å². The highest BCUT2D eigenvalue weighted by Crippen LogP contribution is 2.37. The van der Waals surface area contributed by atoms with Gasteiger partial charge in [-0.3, -0.25) is 14.5 Å². The van der Waals surface area contributed by atoms with Crippen LogP contribution in [0.1, 0.15) is 36.8 Å². The molecule has 0 unspecified atom stereocenters. The van der Waals surface area contributed by atoms with E-state index >= 15 is 0 Å². The maximum Gasteiger partial charge on any atom is 0.416 e. The van der Waals surface area contributed by atoms with Crippen LogP contribution in [0.25, 0.3) is 17.2 Å². The van der Waals surface area contributed by atoms with Crippen molar-refractivity contribution >= 4 is 46.3 Å². The fourth-order valence-electron chi connectivity index (χ4n) is 3.32. The van der Waals surface area contributed by atoms with Crippen molar-refractivity contribution in [2.45, 2.75) is 31.9 Å². The van der Waals surface area contributed by atoms with Gasteiger partial charge in [0.05, 0.1) is 10.5 Å². The fourth-order valence-corrected chi connectivity index (χ4v) is 4.62. The highest BCUT2D eigenvalue weighted by molar-refractivity contribution is 8.26. The molecule has 1 aliphatic rings. The van der Waals surface area contributed by atoms with E-state index in [9.17, 15) is 32.3 Å². The molecule has 180 valence electrons. The molecular formula is C23H19F4NO4S2. The monoisotopic (exact) mass is 513 g/mol. The third-order valence-corrected chi connectivity index (χ3v) is 6.44. The first kappa shape index (κ1) is 25.7. The Morgan fingerprint density at radius 3 is 2.53 bits per heavy atom. The van der Waals surface area contributed by atoms with Crippen molar-refractivity contribution in [3.8, 4) is 16.9 Å². The molecule has 2 N–H and O–H groups in total. The summed E-state index contributed by atoms with van der Waals surface area (Å²) in [5.74, 6) is -2.39. The predicted octanol–water partition coefficient (Wildman–Crippen LogP) is 6.06. The summed E-state index contributed by atoms with van der Waals surface area (Å²) < 4.78 is 53.8. The summed E-state index contributed by atoms with van der Waals surface area (Å²) in [6, 6.07) is 5.86. The molecule has 2 aromatic rings. The molecule has 0 saturated carbocycles. The van der Waals surface area contributed by atoms with E-state index in [-0.39, 0.29) is 33.8 Å². The van der Waals surface area contributed by atoms with Crippen LogP contribution in [0.4, 0.5) is 17.6 Å². The maximum absolute atomic E-state index is 14.3. The third-order valence-electron chi connectivity index (χ3n) is 5.06. The van der Waals surface area contributed by atoms with Gasteiger partial charge < -0.3 is 10.2 Å². The molecule has 3 rings (SSSR count). The van der Waals surface area contributed by atoms with Gasteiger partial charge in [-0.15, -0.1) is 0 Å². The van der Waals surface area contributed by atoms with Crippen molar-refractivity contribution in [1.82, 2.24) is 4.90 Å². The number of halogens is 4. The molecule has 1 saturated heterocycles. The highest BCUT2D eigenvalue weighted by Gasteiger charge is 2.32. The first-order chi connectivity index (χ1) is 16.0. The number of phenols is 1. The number of phenolic OH excluding ortho intramolecular Hbond substituents is 1. The standard InChI is InChI=1S/C23H19F4NO4S2/c24-17-7-6-15(23(25,26)27)12-16(17)13-5-8-18(29)14(10-13)11-19-21(32)28(22(33)34-19)9-3-1-2-4-20(30)31/h5-8,10-12,29H,1-4,9H2,(H,30,31)/b19-11-. The van der Waals surface area contributed by atoms with Gasteiger partial charge in [-0.05, 0) is 54.8 Å². The van der Waals surface area contributed by atoms with Gasteiger partial charge in [0.2, 0.25) is 0 Å². The van der Waals surface area contributed by atoms with E-state index in [1.807, 2.05) is 0 Å². The molecule has 34 heavy (non-hydrogen) atoms. The molecule has 0 spiro atoms. The molecule has 0 bridgehead atoms. The number of carbonyl (C=O) groups is 2. The highest BCUT2D eigenvalue weighted by atomic mass is 32.2. The number of hydrogen-bond donors (Lipinski definition) is 2. The number of rotatable bonds is 8. The van der Waals surface area contributed by atoms with Crippen LogP contribution in [0.5, 0.6) is 5.75 Å². The van der Waals surface area contributed by atoms with Gasteiger partial charge in [-0.2, -0.15) is 13.2 Å². The van der Waals surface area contributed by atoms with Gasteiger partial charge in [0, 0.05) is 24.1 Å². The number of thioether (sulfide) groups is 1. The first-order valence-corrected chi connectivity index (χ1v) is 11.4.